The number of benzene rings is 1. The lowest BCUT2D eigenvalue weighted by Gasteiger charge is -2.45. The zero-order valence-electron chi connectivity index (χ0n) is 16.9. The van der Waals surface area contributed by atoms with Crippen LogP contribution in [-0.4, -0.2) is 81.6 Å². The van der Waals surface area contributed by atoms with Gasteiger partial charge in [-0.1, -0.05) is 0 Å². The van der Waals surface area contributed by atoms with Crippen molar-refractivity contribution in [2.45, 2.75) is 43.6 Å². The molecule has 11 heteroatoms. The van der Waals surface area contributed by atoms with Crippen LogP contribution in [0.15, 0.2) is 18.2 Å². The number of carbonyl (C=O) groups excluding carboxylic acids is 2. The summed E-state index contributed by atoms with van der Waals surface area (Å²) in [7, 11) is 1.58. The van der Waals surface area contributed by atoms with Crippen LogP contribution in [0.25, 0.3) is 11.0 Å². The van der Waals surface area contributed by atoms with Gasteiger partial charge in [0.15, 0.2) is 0 Å². The lowest BCUT2D eigenvalue weighted by Crippen LogP contribution is -2.61. The Morgan fingerprint density at radius 3 is 2.81 bits per heavy atom. The Bertz CT molecular complexity index is 992. The Kier molecular flexibility index (Phi) is 5.65. The van der Waals surface area contributed by atoms with E-state index in [1.807, 2.05) is 4.90 Å². The lowest BCUT2D eigenvalue weighted by molar-refractivity contribution is -0.144. The summed E-state index contributed by atoms with van der Waals surface area (Å²) in [5, 5.41) is 13.7. The highest BCUT2D eigenvalue weighted by Crippen LogP contribution is 2.30. The molecule has 1 saturated heterocycles. The van der Waals surface area contributed by atoms with E-state index < -0.39 is 30.1 Å². The molecule has 1 saturated carbocycles. The van der Waals surface area contributed by atoms with Crippen LogP contribution in [0.1, 0.15) is 35.4 Å². The number of imidazole rings is 1. The van der Waals surface area contributed by atoms with Crippen LogP contribution in [0.4, 0.5) is 13.2 Å². The summed E-state index contributed by atoms with van der Waals surface area (Å²) < 4.78 is 38.7. The maximum Gasteiger partial charge on any atom is 0.449 e. The number of hydrogen-bond acceptors (Lipinski definition) is 5. The molecule has 2 aliphatic rings. The maximum absolute atomic E-state index is 13.1. The molecular weight excluding hydrogens is 415 g/mol. The second-order valence-corrected chi connectivity index (χ2v) is 8.11. The van der Waals surface area contributed by atoms with E-state index in [0.717, 1.165) is 12.8 Å². The van der Waals surface area contributed by atoms with Crippen LogP contribution in [0.2, 0.25) is 0 Å². The molecule has 3 N–H and O–H groups in total. The molecule has 4 rings (SSSR count). The second-order valence-electron chi connectivity index (χ2n) is 8.11. The average Bonchev–Trinajstić information content (AvgIpc) is 3.17. The van der Waals surface area contributed by atoms with Gasteiger partial charge in [-0.3, -0.25) is 14.5 Å². The molecule has 3 atom stereocenters. The van der Waals surface area contributed by atoms with E-state index in [1.165, 1.54) is 23.1 Å². The number of hydrogen-bond donors (Lipinski definition) is 3. The van der Waals surface area contributed by atoms with Gasteiger partial charge in [-0.2, -0.15) is 13.2 Å². The van der Waals surface area contributed by atoms with Gasteiger partial charge in [-0.25, -0.2) is 4.98 Å². The van der Waals surface area contributed by atoms with Gasteiger partial charge in [-0.05, 0) is 37.5 Å². The number of likely N-dealkylation sites (N-methyl/N-ethyl adjacent to an activating group) is 1. The van der Waals surface area contributed by atoms with E-state index >= 15 is 0 Å². The quantitative estimate of drug-likeness (QED) is 0.671. The Balaban J connectivity index is 1.52. The van der Waals surface area contributed by atoms with Crippen molar-refractivity contribution in [2.75, 3.05) is 26.7 Å². The van der Waals surface area contributed by atoms with Crippen molar-refractivity contribution in [3.05, 3.63) is 29.6 Å². The number of aliphatic hydroxyl groups is 1. The average molecular weight is 439 g/mol. The first-order valence-corrected chi connectivity index (χ1v) is 10.2. The minimum absolute atomic E-state index is 0.0870. The van der Waals surface area contributed by atoms with Crippen molar-refractivity contribution in [1.82, 2.24) is 25.1 Å². The van der Waals surface area contributed by atoms with E-state index in [-0.39, 0.29) is 35.1 Å². The van der Waals surface area contributed by atoms with Crippen molar-refractivity contribution in [1.29, 1.82) is 0 Å². The van der Waals surface area contributed by atoms with Gasteiger partial charge < -0.3 is 20.3 Å². The largest absolute Gasteiger partial charge is 0.449 e. The third-order valence-corrected chi connectivity index (χ3v) is 6.14. The molecular formula is C20H24F3N5O3. The molecule has 2 aromatic rings. The van der Waals surface area contributed by atoms with E-state index in [0.29, 0.717) is 19.5 Å². The fourth-order valence-corrected chi connectivity index (χ4v) is 4.53. The number of amides is 2. The number of piperazine rings is 1. The van der Waals surface area contributed by atoms with Gasteiger partial charge in [0.1, 0.15) is 0 Å². The number of carbonyl (C=O) groups is 2. The summed E-state index contributed by atoms with van der Waals surface area (Å²) in [4.78, 5) is 33.9. The van der Waals surface area contributed by atoms with E-state index in [2.05, 4.69) is 15.3 Å². The van der Waals surface area contributed by atoms with Crippen molar-refractivity contribution in [3.63, 3.8) is 0 Å². The summed E-state index contributed by atoms with van der Waals surface area (Å²) >= 11 is 0. The normalized spacial score (nSPS) is 25.5. The maximum atomic E-state index is 13.1. The SMILES string of the molecule is CN(C(=O)c1ccc2nc(C(F)(F)F)[nH]c2c1)[C@@H]1CCC[C@@H](N2CCNC(=O)C2)[C@@H]1O. The Morgan fingerprint density at radius 2 is 2.10 bits per heavy atom. The molecule has 1 aromatic heterocycles. The number of fused-ring (bicyclic) bond motifs is 1. The number of H-pyrrole nitrogens is 1. The fourth-order valence-electron chi connectivity index (χ4n) is 4.53. The first-order chi connectivity index (χ1) is 14.6. The van der Waals surface area contributed by atoms with Gasteiger partial charge in [0.2, 0.25) is 11.7 Å². The molecule has 1 aliphatic carbocycles. The van der Waals surface area contributed by atoms with Crippen molar-refractivity contribution in [2.24, 2.45) is 0 Å². The third-order valence-electron chi connectivity index (χ3n) is 6.14. The fraction of sp³-hybridized carbons (Fsp3) is 0.550. The zero-order valence-corrected chi connectivity index (χ0v) is 16.9. The number of nitrogens with zero attached hydrogens (tertiary/aromatic N) is 3. The number of halogens is 3. The number of rotatable bonds is 3. The van der Waals surface area contributed by atoms with E-state index in [9.17, 15) is 27.9 Å². The van der Waals surface area contributed by atoms with Crippen molar-refractivity contribution >= 4 is 22.8 Å². The summed E-state index contributed by atoms with van der Waals surface area (Å²) in [5.74, 6) is -1.60. The first-order valence-electron chi connectivity index (χ1n) is 10.2. The standard InChI is InChI=1S/C20H24F3N5O3/c1-27(14-3-2-4-15(17(14)30)28-8-7-24-16(29)10-28)18(31)11-5-6-12-13(9-11)26-19(25-12)20(21,22)23/h5-6,9,14-15,17,30H,2-4,7-8,10H2,1H3,(H,24,29)(H,25,26)/t14-,15-,17-/m1/s1. The number of aromatic amines is 1. The molecule has 1 aliphatic heterocycles. The minimum Gasteiger partial charge on any atom is -0.389 e. The number of aliphatic hydroxyl groups excluding tert-OH is 1. The number of nitrogens with one attached hydrogen (secondary N) is 2. The van der Waals surface area contributed by atoms with Gasteiger partial charge in [0, 0.05) is 31.7 Å². The molecule has 31 heavy (non-hydrogen) atoms. The minimum atomic E-state index is -4.60. The van der Waals surface area contributed by atoms with Crippen LogP contribution in [-0.2, 0) is 11.0 Å². The molecule has 0 unspecified atom stereocenters. The molecule has 0 spiro atoms. The zero-order chi connectivity index (χ0) is 22.3. The highest BCUT2D eigenvalue weighted by molar-refractivity contribution is 5.97. The van der Waals surface area contributed by atoms with Gasteiger partial charge in [-0.15, -0.1) is 0 Å². The number of alkyl halides is 3. The molecule has 1 aromatic carbocycles. The summed E-state index contributed by atoms with van der Waals surface area (Å²) in [6, 6.07) is 3.46. The highest BCUT2D eigenvalue weighted by atomic mass is 19.4. The van der Waals surface area contributed by atoms with Gasteiger partial charge in [0.25, 0.3) is 5.91 Å². The predicted octanol–water partition coefficient (Wildman–Crippen LogP) is 1.37. The van der Waals surface area contributed by atoms with E-state index in [4.69, 9.17) is 0 Å². The predicted molar refractivity (Wildman–Crippen MR) is 105 cm³/mol. The van der Waals surface area contributed by atoms with Crippen LogP contribution in [0.5, 0.6) is 0 Å². The Hall–Kier alpha value is -2.66. The van der Waals surface area contributed by atoms with Crippen LogP contribution in [0, 0.1) is 0 Å². The molecule has 2 fully saturated rings. The second kappa shape index (κ2) is 8.12. The van der Waals surface area contributed by atoms with Crippen molar-refractivity contribution < 1.29 is 27.9 Å². The Morgan fingerprint density at radius 1 is 1.32 bits per heavy atom. The van der Waals surface area contributed by atoms with Crippen LogP contribution >= 0.6 is 0 Å². The topological polar surface area (TPSA) is 102 Å². The summed E-state index contributed by atoms with van der Waals surface area (Å²) in [5.41, 5.74) is 0.444. The molecule has 8 nitrogen and oxygen atoms in total. The third kappa shape index (κ3) is 4.24. The molecule has 0 radical (unpaired) electrons. The van der Waals surface area contributed by atoms with Crippen LogP contribution in [0.3, 0.4) is 0 Å². The molecule has 2 amide bonds. The highest BCUT2D eigenvalue weighted by Gasteiger charge is 2.40. The Labute approximate surface area is 176 Å². The monoisotopic (exact) mass is 439 g/mol. The van der Waals surface area contributed by atoms with Crippen LogP contribution < -0.4 is 5.32 Å². The van der Waals surface area contributed by atoms with Gasteiger partial charge >= 0.3 is 6.18 Å². The van der Waals surface area contributed by atoms with Gasteiger partial charge in [0.05, 0.1) is 29.7 Å². The van der Waals surface area contributed by atoms with E-state index in [1.54, 1.807) is 7.05 Å². The number of aromatic nitrogens is 2. The van der Waals surface area contributed by atoms with Crippen molar-refractivity contribution in [3.8, 4) is 0 Å². The summed E-state index contributed by atoms with van der Waals surface area (Å²) in [6.07, 6.45) is -3.32. The summed E-state index contributed by atoms with van der Waals surface area (Å²) in [6.45, 7) is 1.37. The molecule has 0 bridgehead atoms. The first kappa shape index (κ1) is 21.6. The smallest absolute Gasteiger partial charge is 0.389 e. The molecule has 2 heterocycles. The lowest BCUT2D eigenvalue weighted by atomic mass is 9.85. The molecule has 168 valence electrons.